The maximum Gasteiger partial charge on any atom is 0.320 e. The average molecular weight is 223 g/mol. The molecule has 5 nitrogen and oxygen atoms in total. The summed E-state index contributed by atoms with van der Waals surface area (Å²) in [5, 5.41) is 2.92. The largest absolute Gasteiger partial charge is 0.459 e. The lowest BCUT2D eigenvalue weighted by Gasteiger charge is -2.19. The molecule has 1 aromatic rings. The molecule has 0 saturated carbocycles. The van der Waals surface area contributed by atoms with E-state index in [9.17, 15) is 4.79 Å². The highest BCUT2D eigenvalue weighted by atomic mass is 16.6. The molecule has 0 aliphatic rings. The van der Waals surface area contributed by atoms with E-state index in [4.69, 9.17) is 4.74 Å². The van der Waals surface area contributed by atoms with Crippen LogP contribution in [-0.4, -0.2) is 28.1 Å². The predicted octanol–water partition coefficient (Wildman–Crippen LogP) is 0.908. The molecule has 0 atom stereocenters. The molecule has 0 amide bonds. The van der Waals surface area contributed by atoms with Gasteiger partial charge in [0.2, 0.25) is 0 Å². The first-order valence-electron chi connectivity index (χ1n) is 5.16. The van der Waals surface area contributed by atoms with Crippen molar-refractivity contribution in [1.82, 2.24) is 15.3 Å². The zero-order chi connectivity index (χ0) is 12.0. The molecule has 0 radical (unpaired) electrons. The molecule has 16 heavy (non-hydrogen) atoms. The van der Waals surface area contributed by atoms with Crippen LogP contribution in [0, 0.1) is 0 Å². The van der Waals surface area contributed by atoms with Crippen molar-refractivity contribution in [3.8, 4) is 0 Å². The summed E-state index contributed by atoms with van der Waals surface area (Å²) in [5.74, 6) is 0.384. The lowest BCUT2D eigenvalue weighted by molar-refractivity contribution is -0.153. The number of hydrogen-bond donors (Lipinski definition) is 1. The van der Waals surface area contributed by atoms with E-state index in [0.717, 1.165) is 0 Å². The van der Waals surface area contributed by atoms with Crippen LogP contribution in [0.4, 0.5) is 0 Å². The van der Waals surface area contributed by atoms with E-state index in [1.807, 2.05) is 20.8 Å². The van der Waals surface area contributed by atoms with Crippen molar-refractivity contribution in [2.24, 2.45) is 0 Å². The van der Waals surface area contributed by atoms with Gasteiger partial charge in [-0.1, -0.05) is 0 Å². The normalized spacial score (nSPS) is 11.2. The fourth-order valence-electron chi connectivity index (χ4n) is 1.08. The minimum absolute atomic E-state index is 0.162. The van der Waals surface area contributed by atoms with Crippen molar-refractivity contribution in [2.75, 3.05) is 6.54 Å². The molecule has 0 saturated heterocycles. The number of ether oxygens (including phenoxy) is 1. The molecular formula is C11H17N3O2. The van der Waals surface area contributed by atoms with Gasteiger partial charge in [-0.2, -0.15) is 0 Å². The second kappa shape index (κ2) is 5.55. The molecule has 88 valence electrons. The van der Waals surface area contributed by atoms with Crippen LogP contribution in [0.15, 0.2) is 18.5 Å². The summed E-state index contributed by atoms with van der Waals surface area (Å²) >= 11 is 0. The molecule has 0 aliphatic heterocycles. The Morgan fingerprint density at radius 3 is 2.56 bits per heavy atom. The lowest BCUT2D eigenvalue weighted by Crippen LogP contribution is -2.31. The Labute approximate surface area is 95.3 Å². The van der Waals surface area contributed by atoms with Crippen molar-refractivity contribution in [2.45, 2.75) is 32.9 Å². The molecule has 5 heteroatoms. The highest BCUT2D eigenvalue weighted by Gasteiger charge is 2.15. The average Bonchev–Trinajstić information content (AvgIpc) is 2.16. The number of nitrogens with one attached hydrogen (secondary N) is 1. The van der Waals surface area contributed by atoms with E-state index in [1.165, 1.54) is 0 Å². The zero-order valence-electron chi connectivity index (χ0n) is 9.86. The molecule has 0 bridgehead atoms. The maximum atomic E-state index is 11.3. The summed E-state index contributed by atoms with van der Waals surface area (Å²) in [4.78, 5) is 19.4. The number of aromatic nitrogens is 2. The van der Waals surface area contributed by atoms with Crippen LogP contribution in [0.25, 0.3) is 0 Å². The number of rotatable bonds is 4. The molecule has 1 aromatic heterocycles. The monoisotopic (exact) mass is 223 g/mol. The van der Waals surface area contributed by atoms with Crippen LogP contribution in [0.3, 0.4) is 0 Å². The van der Waals surface area contributed by atoms with Crippen LogP contribution < -0.4 is 5.32 Å². The third-order valence-electron chi connectivity index (χ3n) is 1.59. The second-order valence-electron chi connectivity index (χ2n) is 4.36. The third-order valence-corrected chi connectivity index (χ3v) is 1.59. The van der Waals surface area contributed by atoms with Crippen LogP contribution in [0.5, 0.6) is 0 Å². The van der Waals surface area contributed by atoms with Crippen molar-refractivity contribution in [1.29, 1.82) is 0 Å². The van der Waals surface area contributed by atoms with E-state index in [0.29, 0.717) is 12.4 Å². The highest BCUT2D eigenvalue weighted by Crippen LogP contribution is 2.06. The van der Waals surface area contributed by atoms with Crippen molar-refractivity contribution in [3.63, 3.8) is 0 Å². The van der Waals surface area contributed by atoms with Gasteiger partial charge in [-0.05, 0) is 26.8 Å². The van der Waals surface area contributed by atoms with Crippen LogP contribution in [0.2, 0.25) is 0 Å². The van der Waals surface area contributed by atoms with Gasteiger partial charge in [-0.3, -0.25) is 10.1 Å². The van der Waals surface area contributed by atoms with Gasteiger partial charge in [0.1, 0.15) is 11.4 Å². The molecular weight excluding hydrogens is 206 g/mol. The Balaban J connectivity index is 2.24. The fraction of sp³-hybridized carbons (Fsp3) is 0.545. The Kier molecular flexibility index (Phi) is 4.37. The van der Waals surface area contributed by atoms with E-state index in [2.05, 4.69) is 15.3 Å². The number of nitrogens with zero attached hydrogens (tertiary/aromatic N) is 2. The lowest BCUT2D eigenvalue weighted by atomic mass is 10.2. The van der Waals surface area contributed by atoms with Crippen LogP contribution in [0.1, 0.15) is 26.6 Å². The van der Waals surface area contributed by atoms with Gasteiger partial charge in [0.05, 0.1) is 13.1 Å². The van der Waals surface area contributed by atoms with E-state index < -0.39 is 5.60 Å². The maximum absolute atomic E-state index is 11.3. The molecule has 0 spiro atoms. The number of carbonyl (C=O) groups excluding carboxylic acids is 1. The predicted molar refractivity (Wildman–Crippen MR) is 59.6 cm³/mol. The minimum Gasteiger partial charge on any atom is -0.459 e. The van der Waals surface area contributed by atoms with Gasteiger partial charge in [0, 0.05) is 12.4 Å². The Bertz CT molecular complexity index is 333. The number of carbonyl (C=O) groups is 1. The van der Waals surface area contributed by atoms with Gasteiger partial charge in [-0.25, -0.2) is 9.97 Å². The zero-order valence-corrected chi connectivity index (χ0v) is 9.86. The molecule has 0 aromatic carbocycles. The summed E-state index contributed by atoms with van der Waals surface area (Å²) < 4.78 is 5.13. The van der Waals surface area contributed by atoms with Gasteiger partial charge in [0.15, 0.2) is 0 Å². The molecule has 0 aliphatic carbocycles. The summed E-state index contributed by atoms with van der Waals surface area (Å²) in [6.07, 6.45) is 3.33. The molecule has 0 fully saturated rings. The minimum atomic E-state index is -0.442. The smallest absolute Gasteiger partial charge is 0.320 e. The van der Waals surface area contributed by atoms with Gasteiger partial charge >= 0.3 is 5.97 Å². The summed E-state index contributed by atoms with van der Waals surface area (Å²) in [7, 11) is 0. The van der Waals surface area contributed by atoms with E-state index in [-0.39, 0.29) is 12.5 Å². The molecule has 1 heterocycles. The second-order valence-corrected chi connectivity index (χ2v) is 4.36. The first kappa shape index (κ1) is 12.6. The van der Waals surface area contributed by atoms with Crippen LogP contribution >= 0.6 is 0 Å². The summed E-state index contributed by atoms with van der Waals surface area (Å²) in [5.41, 5.74) is -0.442. The summed E-state index contributed by atoms with van der Waals surface area (Å²) in [6, 6.07) is 1.75. The number of esters is 1. The topological polar surface area (TPSA) is 64.1 Å². The highest BCUT2D eigenvalue weighted by molar-refractivity contribution is 5.72. The third kappa shape index (κ3) is 5.41. The van der Waals surface area contributed by atoms with E-state index in [1.54, 1.807) is 18.5 Å². The summed E-state index contributed by atoms with van der Waals surface area (Å²) in [6.45, 7) is 6.14. The van der Waals surface area contributed by atoms with Gasteiger partial charge in [-0.15, -0.1) is 0 Å². The first-order chi connectivity index (χ1) is 7.47. The Hall–Kier alpha value is -1.49. The fourth-order valence-corrected chi connectivity index (χ4v) is 1.08. The first-order valence-corrected chi connectivity index (χ1v) is 5.16. The Morgan fingerprint density at radius 1 is 1.38 bits per heavy atom. The van der Waals surface area contributed by atoms with Gasteiger partial charge in [0.25, 0.3) is 0 Å². The SMILES string of the molecule is CC(C)(C)OC(=O)CNCc1ncccn1. The Morgan fingerprint density at radius 2 is 2.00 bits per heavy atom. The van der Waals surface area contributed by atoms with Gasteiger partial charge < -0.3 is 4.74 Å². The standard InChI is InChI=1S/C11H17N3O2/c1-11(2,3)16-10(15)8-12-7-9-13-5-4-6-14-9/h4-6,12H,7-8H2,1-3H3. The molecule has 1 rings (SSSR count). The van der Waals surface area contributed by atoms with Crippen molar-refractivity contribution >= 4 is 5.97 Å². The van der Waals surface area contributed by atoms with Crippen LogP contribution in [-0.2, 0) is 16.1 Å². The molecule has 1 N–H and O–H groups in total. The van der Waals surface area contributed by atoms with Crippen molar-refractivity contribution < 1.29 is 9.53 Å². The quantitative estimate of drug-likeness (QED) is 0.768. The number of hydrogen-bond acceptors (Lipinski definition) is 5. The molecule has 0 unspecified atom stereocenters. The van der Waals surface area contributed by atoms with E-state index >= 15 is 0 Å². The van der Waals surface area contributed by atoms with Crippen molar-refractivity contribution in [3.05, 3.63) is 24.3 Å².